The third kappa shape index (κ3) is 2.97. The molecule has 0 bridgehead atoms. The molecule has 1 aromatic carbocycles. The smallest absolute Gasteiger partial charge is 0.0347 e. The molecule has 1 aromatic heterocycles. The number of hydrogen-bond acceptors (Lipinski definition) is 3. The molecule has 0 saturated carbocycles. The van der Waals surface area contributed by atoms with Gasteiger partial charge in [-0.3, -0.25) is 0 Å². The van der Waals surface area contributed by atoms with Gasteiger partial charge in [-0.1, -0.05) is 6.42 Å². The van der Waals surface area contributed by atoms with Crippen LogP contribution in [-0.2, 0) is 0 Å². The molecule has 0 amide bonds. The summed E-state index contributed by atoms with van der Waals surface area (Å²) in [7, 11) is 0. The maximum Gasteiger partial charge on any atom is 0.0347 e. The minimum absolute atomic E-state index is 0.806. The van der Waals surface area contributed by atoms with E-state index in [1.54, 1.807) is 11.3 Å². The van der Waals surface area contributed by atoms with Gasteiger partial charge < -0.3 is 11.1 Å². The number of nitrogens with two attached hydrogens (primary N) is 1. The van der Waals surface area contributed by atoms with Crippen LogP contribution in [0.15, 0.2) is 29.6 Å². The fraction of sp³-hybridized carbons (Fsp3) is 0.385. The van der Waals surface area contributed by atoms with Gasteiger partial charge in [-0.2, -0.15) is 0 Å². The molecule has 16 heavy (non-hydrogen) atoms. The molecule has 0 aliphatic heterocycles. The van der Waals surface area contributed by atoms with Crippen LogP contribution in [0.5, 0.6) is 0 Å². The molecule has 2 rings (SSSR count). The molecule has 0 fully saturated rings. The van der Waals surface area contributed by atoms with Crippen LogP contribution in [0.1, 0.15) is 19.3 Å². The number of nitrogens with one attached hydrogen (secondary N) is 1. The summed E-state index contributed by atoms with van der Waals surface area (Å²) < 4.78 is 1.36. The van der Waals surface area contributed by atoms with Gasteiger partial charge in [0.25, 0.3) is 0 Å². The highest BCUT2D eigenvalue weighted by Gasteiger charge is 1.96. The summed E-state index contributed by atoms with van der Waals surface area (Å²) in [5.41, 5.74) is 6.67. The van der Waals surface area contributed by atoms with E-state index in [2.05, 4.69) is 35.0 Å². The lowest BCUT2D eigenvalue weighted by atomic mass is 10.2. The van der Waals surface area contributed by atoms with E-state index < -0.39 is 0 Å². The molecule has 2 aromatic rings. The molecule has 3 heteroatoms. The second kappa shape index (κ2) is 5.87. The average Bonchev–Trinajstić information content (AvgIpc) is 2.76. The molecule has 0 saturated heterocycles. The lowest BCUT2D eigenvalue weighted by Crippen LogP contribution is -2.03. The summed E-state index contributed by atoms with van der Waals surface area (Å²) >= 11 is 1.79. The van der Waals surface area contributed by atoms with Crippen molar-refractivity contribution in [2.45, 2.75) is 19.3 Å². The molecule has 0 radical (unpaired) electrons. The molecule has 3 N–H and O–H groups in total. The monoisotopic (exact) mass is 234 g/mol. The fourth-order valence-corrected chi connectivity index (χ4v) is 2.53. The number of unbranched alkanes of at least 4 members (excludes halogenated alkanes) is 2. The van der Waals surface area contributed by atoms with Gasteiger partial charge in [-0.05, 0) is 54.4 Å². The highest BCUT2D eigenvalue weighted by Crippen LogP contribution is 2.23. The molecule has 2 nitrogen and oxygen atoms in total. The largest absolute Gasteiger partial charge is 0.385 e. The number of fused-ring (bicyclic) bond motifs is 1. The zero-order valence-corrected chi connectivity index (χ0v) is 10.2. The van der Waals surface area contributed by atoms with Crippen LogP contribution < -0.4 is 11.1 Å². The number of anilines is 1. The van der Waals surface area contributed by atoms with Crippen LogP contribution in [0, 0.1) is 0 Å². The van der Waals surface area contributed by atoms with E-state index in [0.29, 0.717) is 0 Å². The molecule has 0 aliphatic rings. The van der Waals surface area contributed by atoms with E-state index in [0.717, 1.165) is 19.5 Å². The Labute approximate surface area is 100 Å². The summed E-state index contributed by atoms with van der Waals surface area (Å²) in [6.07, 6.45) is 3.54. The van der Waals surface area contributed by atoms with Crippen LogP contribution in [0.25, 0.3) is 10.1 Å². The van der Waals surface area contributed by atoms with Gasteiger partial charge in [0.1, 0.15) is 0 Å². The molecule has 0 aliphatic carbocycles. The summed E-state index contributed by atoms with van der Waals surface area (Å²) in [4.78, 5) is 0. The van der Waals surface area contributed by atoms with Crippen molar-refractivity contribution < 1.29 is 0 Å². The minimum atomic E-state index is 0.806. The minimum Gasteiger partial charge on any atom is -0.385 e. The number of benzene rings is 1. The van der Waals surface area contributed by atoms with E-state index >= 15 is 0 Å². The first-order valence-corrected chi connectivity index (χ1v) is 6.69. The number of hydrogen-bond donors (Lipinski definition) is 2. The molecule has 1 heterocycles. The first-order valence-electron chi connectivity index (χ1n) is 5.81. The van der Waals surface area contributed by atoms with Crippen molar-refractivity contribution >= 4 is 27.1 Å². The molecule has 0 unspecified atom stereocenters. The Morgan fingerprint density at radius 2 is 2.06 bits per heavy atom. The van der Waals surface area contributed by atoms with Crippen LogP contribution in [0.4, 0.5) is 5.69 Å². The summed E-state index contributed by atoms with van der Waals surface area (Å²) in [6.45, 7) is 1.84. The van der Waals surface area contributed by atoms with Gasteiger partial charge in [0.2, 0.25) is 0 Å². The zero-order valence-electron chi connectivity index (χ0n) is 9.41. The van der Waals surface area contributed by atoms with E-state index in [1.807, 2.05) is 0 Å². The first-order chi connectivity index (χ1) is 7.90. The number of thiophene rings is 1. The van der Waals surface area contributed by atoms with Crippen molar-refractivity contribution in [2.75, 3.05) is 18.4 Å². The highest BCUT2D eigenvalue weighted by atomic mass is 32.1. The quantitative estimate of drug-likeness (QED) is 0.751. The Bertz CT molecular complexity index is 436. The zero-order chi connectivity index (χ0) is 11.2. The first kappa shape index (κ1) is 11.4. The normalized spacial score (nSPS) is 10.8. The standard InChI is InChI=1S/C13H18N2S/c14-7-2-1-3-8-15-12-4-5-13-11(10-12)6-9-16-13/h4-6,9-10,15H,1-3,7-8,14H2. The Hall–Kier alpha value is -1.06. The summed E-state index contributed by atoms with van der Waals surface area (Å²) in [6, 6.07) is 8.72. The van der Waals surface area contributed by atoms with Gasteiger partial charge in [0.05, 0.1) is 0 Å². The summed E-state index contributed by atoms with van der Waals surface area (Å²) in [5, 5.41) is 6.91. The molecular weight excluding hydrogens is 216 g/mol. The van der Waals surface area contributed by atoms with Crippen molar-refractivity contribution in [2.24, 2.45) is 5.73 Å². The van der Waals surface area contributed by atoms with Crippen LogP contribution in [-0.4, -0.2) is 13.1 Å². The lowest BCUT2D eigenvalue weighted by molar-refractivity contribution is 0.707. The Balaban J connectivity index is 1.84. The van der Waals surface area contributed by atoms with Crippen molar-refractivity contribution in [3.63, 3.8) is 0 Å². The van der Waals surface area contributed by atoms with Crippen molar-refractivity contribution in [3.05, 3.63) is 29.6 Å². The Kier molecular flexibility index (Phi) is 4.19. The van der Waals surface area contributed by atoms with Gasteiger partial charge in [0.15, 0.2) is 0 Å². The van der Waals surface area contributed by atoms with E-state index in [9.17, 15) is 0 Å². The average molecular weight is 234 g/mol. The van der Waals surface area contributed by atoms with Crippen LogP contribution >= 0.6 is 11.3 Å². The molecule has 0 atom stereocenters. The van der Waals surface area contributed by atoms with Crippen LogP contribution in [0.3, 0.4) is 0 Å². The lowest BCUT2D eigenvalue weighted by Gasteiger charge is -2.06. The number of rotatable bonds is 6. The SMILES string of the molecule is NCCCCCNc1ccc2sccc2c1. The predicted octanol–water partition coefficient (Wildman–Crippen LogP) is 3.44. The molecule has 0 spiro atoms. The van der Waals surface area contributed by atoms with E-state index in [-0.39, 0.29) is 0 Å². The maximum absolute atomic E-state index is 5.45. The van der Waals surface area contributed by atoms with Crippen molar-refractivity contribution in [1.82, 2.24) is 0 Å². The predicted molar refractivity (Wildman–Crippen MR) is 73.2 cm³/mol. The second-order valence-corrected chi connectivity index (χ2v) is 4.90. The van der Waals surface area contributed by atoms with Gasteiger partial charge in [-0.25, -0.2) is 0 Å². The van der Waals surface area contributed by atoms with Gasteiger partial charge in [0, 0.05) is 16.9 Å². The second-order valence-electron chi connectivity index (χ2n) is 3.95. The Morgan fingerprint density at radius 1 is 1.12 bits per heavy atom. The topological polar surface area (TPSA) is 38.0 Å². The van der Waals surface area contributed by atoms with Crippen molar-refractivity contribution in [3.8, 4) is 0 Å². The Morgan fingerprint density at radius 3 is 2.94 bits per heavy atom. The van der Waals surface area contributed by atoms with E-state index in [4.69, 9.17) is 5.73 Å². The van der Waals surface area contributed by atoms with Gasteiger partial charge in [-0.15, -0.1) is 11.3 Å². The third-order valence-corrected chi connectivity index (χ3v) is 3.56. The molecular formula is C13H18N2S. The third-order valence-electron chi connectivity index (χ3n) is 2.66. The highest BCUT2D eigenvalue weighted by molar-refractivity contribution is 7.17. The van der Waals surface area contributed by atoms with Crippen LogP contribution in [0.2, 0.25) is 0 Å². The van der Waals surface area contributed by atoms with Gasteiger partial charge >= 0.3 is 0 Å². The van der Waals surface area contributed by atoms with E-state index in [1.165, 1.54) is 28.6 Å². The summed E-state index contributed by atoms with van der Waals surface area (Å²) in [5.74, 6) is 0. The van der Waals surface area contributed by atoms with Crippen molar-refractivity contribution in [1.29, 1.82) is 0 Å². The fourth-order valence-electron chi connectivity index (χ4n) is 1.76. The molecule has 86 valence electrons. The maximum atomic E-state index is 5.45.